The van der Waals surface area contributed by atoms with Gasteiger partial charge in [-0.25, -0.2) is 4.39 Å². The van der Waals surface area contributed by atoms with Crippen molar-refractivity contribution >= 4 is 17.5 Å². The second kappa shape index (κ2) is 9.15. The van der Waals surface area contributed by atoms with E-state index in [4.69, 9.17) is 4.74 Å². The number of rotatable bonds is 7. The van der Waals surface area contributed by atoms with E-state index in [1.807, 2.05) is 11.7 Å². The predicted molar refractivity (Wildman–Crippen MR) is 106 cm³/mol. The van der Waals surface area contributed by atoms with Crippen LogP contribution in [-0.2, 0) is 9.53 Å². The average molecular weight is 403 g/mol. The van der Waals surface area contributed by atoms with Gasteiger partial charge in [-0.2, -0.15) is 5.10 Å². The van der Waals surface area contributed by atoms with Gasteiger partial charge in [-0.3, -0.25) is 19.2 Å². The summed E-state index contributed by atoms with van der Waals surface area (Å²) < 4.78 is 20.7. The quantitative estimate of drug-likeness (QED) is 0.760. The molecular formula is C20H26FN5O3. The number of anilines is 1. The molecule has 0 unspecified atom stereocenters. The van der Waals surface area contributed by atoms with E-state index in [0.29, 0.717) is 12.3 Å². The van der Waals surface area contributed by atoms with Crippen molar-refractivity contribution in [2.24, 2.45) is 0 Å². The van der Waals surface area contributed by atoms with E-state index in [2.05, 4.69) is 15.3 Å². The van der Waals surface area contributed by atoms with Crippen molar-refractivity contribution in [3.05, 3.63) is 48.0 Å². The second-order valence-electron chi connectivity index (χ2n) is 7.46. The summed E-state index contributed by atoms with van der Waals surface area (Å²) in [6.07, 6.45) is 4.18. The van der Waals surface area contributed by atoms with E-state index >= 15 is 0 Å². The smallest absolute Gasteiger partial charge is 0.255 e. The highest BCUT2D eigenvalue weighted by Crippen LogP contribution is 2.26. The first kappa shape index (κ1) is 20.9. The maximum atomic E-state index is 13.3. The minimum absolute atomic E-state index is 0.0621. The lowest BCUT2D eigenvalue weighted by Crippen LogP contribution is -2.32. The molecule has 2 amide bonds. The Morgan fingerprint density at radius 2 is 2.17 bits per heavy atom. The molecule has 1 aromatic carbocycles. The van der Waals surface area contributed by atoms with Crippen LogP contribution < -0.4 is 5.32 Å². The lowest BCUT2D eigenvalue weighted by Gasteiger charge is -2.19. The van der Waals surface area contributed by atoms with Gasteiger partial charge in [0.2, 0.25) is 5.91 Å². The Morgan fingerprint density at radius 1 is 1.38 bits per heavy atom. The molecule has 0 spiro atoms. The fourth-order valence-corrected chi connectivity index (χ4v) is 3.28. The van der Waals surface area contributed by atoms with Crippen LogP contribution in [0.4, 0.5) is 10.1 Å². The maximum Gasteiger partial charge on any atom is 0.255 e. The number of likely N-dealkylation sites (N-methyl/N-ethyl adjacent to an activating group) is 2. The molecule has 1 saturated heterocycles. The molecule has 1 aliphatic heterocycles. The monoisotopic (exact) mass is 403 g/mol. The first-order chi connectivity index (χ1) is 13.8. The van der Waals surface area contributed by atoms with Crippen LogP contribution >= 0.6 is 0 Å². The number of hydrogen-bond donors (Lipinski definition) is 1. The number of aromatic nitrogens is 2. The first-order valence-electron chi connectivity index (χ1n) is 9.42. The van der Waals surface area contributed by atoms with Gasteiger partial charge in [0.15, 0.2) is 0 Å². The Balaban J connectivity index is 1.54. The summed E-state index contributed by atoms with van der Waals surface area (Å²) in [5.41, 5.74) is 0.807. The molecule has 1 aromatic heterocycles. The topological polar surface area (TPSA) is 79.7 Å². The molecule has 1 N–H and O–H groups in total. The zero-order valence-electron chi connectivity index (χ0n) is 16.8. The summed E-state index contributed by atoms with van der Waals surface area (Å²) >= 11 is 0. The zero-order valence-corrected chi connectivity index (χ0v) is 16.8. The molecule has 3 rings (SSSR count). The zero-order chi connectivity index (χ0) is 21.0. The van der Waals surface area contributed by atoms with E-state index in [-0.39, 0.29) is 36.1 Å². The van der Waals surface area contributed by atoms with Gasteiger partial charge in [0.25, 0.3) is 5.91 Å². The van der Waals surface area contributed by atoms with Crippen LogP contribution in [0.5, 0.6) is 0 Å². The van der Waals surface area contributed by atoms with Crippen LogP contribution in [0.3, 0.4) is 0 Å². The minimum atomic E-state index is -0.456. The van der Waals surface area contributed by atoms with Gasteiger partial charge in [-0.1, -0.05) is 6.07 Å². The molecule has 0 aliphatic carbocycles. The third kappa shape index (κ3) is 5.39. The summed E-state index contributed by atoms with van der Waals surface area (Å²) in [6, 6.07) is 5.86. The standard InChI is InChI=1S/C20H26FN5O3/c1-24(2)19(27)13-29-12-18-8-17(11-25(18)3)26-10-16(9-22-26)23-20(28)14-5-4-6-15(21)7-14/h4-7,9-10,17-18H,8,11-13H2,1-3H3,(H,23,28)/t17-,18-/m0/s1. The van der Waals surface area contributed by atoms with Crippen LogP contribution in [0.1, 0.15) is 22.8 Å². The normalized spacial score (nSPS) is 19.3. The number of amides is 2. The number of carbonyl (C=O) groups excluding carboxylic acids is 2. The van der Waals surface area contributed by atoms with Crippen molar-refractivity contribution in [1.82, 2.24) is 19.6 Å². The molecule has 29 heavy (non-hydrogen) atoms. The molecule has 0 radical (unpaired) electrons. The van der Waals surface area contributed by atoms with E-state index < -0.39 is 5.82 Å². The highest BCUT2D eigenvalue weighted by Gasteiger charge is 2.31. The largest absolute Gasteiger partial charge is 0.370 e. The SMILES string of the molecule is CN(C)C(=O)COC[C@@H]1C[C@H](n2cc(NC(=O)c3cccc(F)c3)cn2)CN1C. The van der Waals surface area contributed by atoms with Crippen LogP contribution in [-0.4, -0.2) is 78.3 Å². The third-order valence-electron chi connectivity index (χ3n) is 5.02. The Bertz CT molecular complexity index is 869. The van der Waals surface area contributed by atoms with Gasteiger partial charge in [0.1, 0.15) is 12.4 Å². The molecular weight excluding hydrogens is 377 g/mol. The number of hydrogen-bond acceptors (Lipinski definition) is 5. The summed E-state index contributed by atoms with van der Waals surface area (Å²) in [7, 11) is 5.41. The highest BCUT2D eigenvalue weighted by atomic mass is 19.1. The van der Waals surface area contributed by atoms with E-state index in [1.165, 1.54) is 23.1 Å². The fraction of sp³-hybridized carbons (Fsp3) is 0.450. The van der Waals surface area contributed by atoms with Crippen molar-refractivity contribution in [2.45, 2.75) is 18.5 Å². The summed E-state index contributed by atoms with van der Waals surface area (Å²) in [4.78, 5) is 27.5. The fourth-order valence-electron chi connectivity index (χ4n) is 3.28. The Morgan fingerprint density at radius 3 is 2.90 bits per heavy atom. The highest BCUT2D eigenvalue weighted by molar-refractivity contribution is 6.04. The van der Waals surface area contributed by atoms with Crippen molar-refractivity contribution in [1.29, 1.82) is 0 Å². The molecule has 0 saturated carbocycles. The third-order valence-corrected chi connectivity index (χ3v) is 5.02. The van der Waals surface area contributed by atoms with Gasteiger partial charge in [0.05, 0.1) is 24.5 Å². The molecule has 1 fully saturated rings. The maximum absolute atomic E-state index is 13.3. The molecule has 1 aliphatic rings. The molecule has 2 aromatic rings. The van der Waals surface area contributed by atoms with E-state index in [0.717, 1.165) is 13.0 Å². The predicted octanol–water partition coefficient (Wildman–Crippen LogP) is 1.62. The number of nitrogens with one attached hydrogen (secondary N) is 1. The molecule has 2 atom stereocenters. The Kier molecular flexibility index (Phi) is 6.60. The van der Waals surface area contributed by atoms with E-state index in [1.54, 1.807) is 32.6 Å². The van der Waals surface area contributed by atoms with Gasteiger partial charge in [-0.15, -0.1) is 0 Å². The summed E-state index contributed by atoms with van der Waals surface area (Å²) in [5, 5.41) is 7.10. The van der Waals surface area contributed by atoms with E-state index in [9.17, 15) is 14.0 Å². The summed E-state index contributed by atoms with van der Waals surface area (Å²) in [5.74, 6) is -0.903. The number of nitrogens with zero attached hydrogens (tertiary/aromatic N) is 4. The number of halogens is 1. The van der Waals surface area contributed by atoms with Gasteiger partial charge >= 0.3 is 0 Å². The number of ether oxygens (including phenoxy) is 1. The molecule has 9 heteroatoms. The molecule has 8 nitrogen and oxygen atoms in total. The molecule has 156 valence electrons. The van der Waals surface area contributed by atoms with Crippen molar-refractivity contribution in [3.8, 4) is 0 Å². The Hall–Kier alpha value is -2.78. The van der Waals surface area contributed by atoms with Gasteiger partial charge in [0, 0.05) is 38.4 Å². The number of benzene rings is 1. The van der Waals surface area contributed by atoms with Crippen LogP contribution in [0.15, 0.2) is 36.7 Å². The summed E-state index contributed by atoms with van der Waals surface area (Å²) in [6.45, 7) is 1.33. The molecule has 2 heterocycles. The van der Waals surface area contributed by atoms with Crippen molar-refractivity contribution in [2.75, 3.05) is 46.2 Å². The first-order valence-corrected chi connectivity index (χ1v) is 9.42. The minimum Gasteiger partial charge on any atom is -0.370 e. The molecule has 0 bridgehead atoms. The second-order valence-corrected chi connectivity index (χ2v) is 7.46. The van der Waals surface area contributed by atoms with Gasteiger partial charge in [-0.05, 0) is 31.7 Å². The van der Waals surface area contributed by atoms with Crippen LogP contribution in [0.2, 0.25) is 0 Å². The Labute approximate surface area is 169 Å². The number of carbonyl (C=O) groups is 2. The van der Waals surface area contributed by atoms with Crippen LogP contribution in [0.25, 0.3) is 0 Å². The van der Waals surface area contributed by atoms with Crippen LogP contribution in [0, 0.1) is 5.82 Å². The van der Waals surface area contributed by atoms with Gasteiger partial charge < -0.3 is 15.0 Å². The number of likely N-dealkylation sites (tertiary alicyclic amines) is 1. The van der Waals surface area contributed by atoms with Crippen molar-refractivity contribution in [3.63, 3.8) is 0 Å². The average Bonchev–Trinajstić information content (AvgIpc) is 3.28. The lowest BCUT2D eigenvalue weighted by atomic mass is 10.2. The van der Waals surface area contributed by atoms with Crippen molar-refractivity contribution < 1.29 is 18.7 Å². The lowest BCUT2D eigenvalue weighted by molar-refractivity contribution is -0.134.